The molecule has 0 aliphatic rings. The molecule has 9 heteroatoms. The molecule has 1 rings (SSSR count). The van der Waals surface area contributed by atoms with Gasteiger partial charge in [0.15, 0.2) is 6.20 Å². The zero-order valence-electron chi connectivity index (χ0n) is 9.02. The molecule has 0 N–H and O–H groups in total. The average molecular weight is 325 g/mol. The first kappa shape index (κ1) is 14.4. The van der Waals surface area contributed by atoms with Crippen LogP contribution in [-0.2, 0) is 16.0 Å². The van der Waals surface area contributed by atoms with E-state index in [1.807, 2.05) is 0 Å². The van der Waals surface area contributed by atoms with Crippen LogP contribution in [0, 0.1) is 10.1 Å². The summed E-state index contributed by atoms with van der Waals surface area (Å²) < 4.78 is 29.9. The third-order valence-electron chi connectivity index (χ3n) is 2.09. The fraction of sp³-hybridized carbons (Fsp3) is 0.333. The van der Waals surface area contributed by atoms with Gasteiger partial charge in [-0.1, -0.05) is 0 Å². The van der Waals surface area contributed by atoms with E-state index in [4.69, 9.17) is 0 Å². The Kier molecular flexibility index (Phi) is 4.65. The number of hydrogen-bond acceptors (Lipinski definition) is 5. The molecule has 1 aromatic rings. The number of methoxy groups -OCH3 is 1. The monoisotopic (exact) mass is 324 g/mol. The van der Waals surface area contributed by atoms with Gasteiger partial charge in [0.2, 0.25) is 0 Å². The van der Waals surface area contributed by atoms with E-state index in [2.05, 4.69) is 25.7 Å². The van der Waals surface area contributed by atoms with Gasteiger partial charge in [0.05, 0.1) is 23.6 Å². The highest BCUT2D eigenvalue weighted by atomic mass is 79.9. The van der Waals surface area contributed by atoms with E-state index in [9.17, 15) is 23.7 Å². The van der Waals surface area contributed by atoms with Crippen molar-refractivity contribution in [2.24, 2.45) is 0 Å². The van der Waals surface area contributed by atoms with E-state index in [1.54, 1.807) is 0 Å². The first-order valence-electron chi connectivity index (χ1n) is 4.55. The number of pyridine rings is 1. The number of nitrogens with zero attached hydrogens (tertiary/aromatic N) is 2. The van der Waals surface area contributed by atoms with Crippen molar-refractivity contribution in [2.75, 3.05) is 7.11 Å². The van der Waals surface area contributed by atoms with E-state index in [0.29, 0.717) is 0 Å². The van der Waals surface area contributed by atoms with Crippen molar-refractivity contribution in [3.63, 3.8) is 0 Å². The lowest BCUT2D eigenvalue weighted by Crippen LogP contribution is -2.11. The normalized spacial score (nSPS) is 10.5. The maximum absolute atomic E-state index is 12.9. The predicted molar refractivity (Wildman–Crippen MR) is 59.3 cm³/mol. The molecule has 0 fully saturated rings. The summed E-state index contributed by atoms with van der Waals surface area (Å²) in [7, 11) is 1.06. The largest absolute Gasteiger partial charge is 0.469 e. The first-order valence-corrected chi connectivity index (χ1v) is 5.34. The van der Waals surface area contributed by atoms with Crippen LogP contribution in [0.2, 0.25) is 0 Å². The molecular weight excluding hydrogens is 318 g/mol. The van der Waals surface area contributed by atoms with Gasteiger partial charge in [-0.25, -0.2) is 8.78 Å². The molecule has 0 radical (unpaired) electrons. The number of carbonyl (C=O) groups excluding carboxylic acids is 1. The van der Waals surface area contributed by atoms with Crippen molar-refractivity contribution in [2.45, 2.75) is 12.8 Å². The zero-order chi connectivity index (χ0) is 13.9. The zero-order valence-corrected chi connectivity index (χ0v) is 10.6. The summed E-state index contributed by atoms with van der Waals surface area (Å²) in [6, 6.07) is 0. The molecular formula is C9H7BrF2N2O4. The Labute approximate surface area is 108 Å². The van der Waals surface area contributed by atoms with Crippen LogP contribution in [0.25, 0.3) is 0 Å². The van der Waals surface area contributed by atoms with Crippen molar-refractivity contribution in [3.05, 3.63) is 31.9 Å². The quantitative estimate of drug-likeness (QED) is 0.482. The van der Waals surface area contributed by atoms with E-state index >= 15 is 0 Å². The number of hydrogen-bond donors (Lipinski definition) is 0. The summed E-state index contributed by atoms with van der Waals surface area (Å²) in [5.41, 5.74) is -1.07. The van der Waals surface area contributed by atoms with Crippen molar-refractivity contribution in [1.29, 1.82) is 0 Å². The summed E-state index contributed by atoms with van der Waals surface area (Å²) in [4.78, 5) is 24.3. The molecule has 0 atom stereocenters. The van der Waals surface area contributed by atoms with E-state index < -0.39 is 40.7 Å². The van der Waals surface area contributed by atoms with E-state index in [0.717, 1.165) is 13.3 Å². The van der Waals surface area contributed by atoms with Gasteiger partial charge in [0.25, 0.3) is 6.43 Å². The van der Waals surface area contributed by atoms with Gasteiger partial charge >= 0.3 is 11.8 Å². The van der Waals surface area contributed by atoms with Crippen LogP contribution in [-0.4, -0.2) is 23.0 Å². The third kappa shape index (κ3) is 2.97. The molecule has 0 amide bonds. The van der Waals surface area contributed by atoms with Gasteiger partial charge in [-0.15, -0.1) is 0 Å². The van der Waals surface area contributed by atoms with E-state index in [1.165, 1.54) is 0 Å². The Balaban J connectivity index is 3.43. The Hall–Kier alpha value is -1.64. The minimum absolute atomic E-state index is 0.0954. The lowest BCUT2D eigenvalue weighted by atomic mass is 10.1. The van der Waals surface area contributed by atoms with Crippen LogP contribution in [0.15, 0.2) is 10.7 Å². The number of ether oxygens (including phenoxy) is 1. The molecule has 98 valence electrons. The molecule has 0 unspecified atom stereocenters. The molecule has 0 saturated heterocycles. The van der Waals surface area contributed by atoms with Gasteiger partial charge < -0.3 is 14.9 Å². The van der Waals surface area contributed by atoms with Crippen molar-refractivity contribution in [3.8, 4) is 0 Å². The number of rotatable bonds is 4. The number of nitro groups is 1. The molecule has 0 aliphatic carbocycles. The molecule has 0 aliphatic heterocycles. The average Bonchev–Trinajstić information content (AvgIpc) is 2.27. The summed E-state index contributed by atoms with van der Waals surface area (Å²) in [6.07, 6.45) is -2.71. The second-order valence-corrected chi connectivity index (χ2v) is 3.99. The highest BCUT2D eigenvalue weighted by Crippen LogP contribution is 2.34. The van der Waals surface area contributed by atoms with Crippen LogP contribution in [0.1, 0.15) is 17.6 Å². The van der Waals surface area contributed by atoms with Crippen LogP contribution in [0.5, 0.6) is 0 Å². The van der Waals surface area contributed by atoms with Gasteiger partial charge in [-0.05, 0) is 25.8 Å². The van der Waals surface area contributed by atoms with Crippen LogP contribution >= 0.6 is 15.9 Å². The first-order chi connectivity index (χ1) is 8.38. The molecule has 6 nitrogen and oxygen atoms in total. The highest BCUT2D eigenvalue weighted by Gasteiger charge is 2.29. The Morgan fingerprint density at radius 3 is 2.72 bits per heavy atom. The molecule has 1 aromatic heterocycles. The smallest absolute Gasteiger partial charge is 0.367 e. The lowest BCUT2D eigenvalue weighted by Gasteiger charge is -2.09. The molecule has 0 bridgehead atoms. The summed E-state index contributed by atoms with van der Waals surface area (Å²) in [5, 5.41) is 10.7. The third-order valence-corrected chi connectivity index (χ3v) is 2.72. The predicted octanol–water partition coefficient (Wildman–Crippen LogP) is 2.41. The maximum atomic E-state index is 12.9. The fourth-order valence-electron chi connectivity index (χ4n) is 1.31. The summed E-state index contributed by atoms with van der Waals surface area (Å²) >= 11 is 2.83. The van der Waals surface area contributed by atoms with Crippen molar-refractivity contribution < 1.29 is 23.2 Å². The Morgan fingerprint density at radius 1 is 1.67 bits per heavy atom. The molecule has 0 aromatic carbocycles. The topological polar surface area (TPSA) is 82.3 Å². The van der Waals surface area contributed by atoms with Gasteiger partial charge in [-0.3, -0.25) is 4.79 Å². The number of aromatic nitrogens is 1. The molecule has 0 spiro atoms. The number of halogens is 3. The molecule has 18 heavy (non-hydrogen) atoms. The second-order valence-electron chi connectivity index (χ2n) is 3.13. The SMILES string of the molecule is COC(=O)Cc1c([N+](=O)[O-])ncc(Br)c1C(F)F. The molecule has 1 heterocycles. The Bertz CT molecular complexity index is 496. The van der Waals surface area contributed by atoms with Crippen LogP contribution < -0.4 is 0 Å². The van der Waals surface area contributed by atoms with Gasteiger partial charge in [0, 0.05) is 5.56 Å². The van der Waals surface area contributed by atoms with Crippen LogP contribution in [0.3, 0.4) is 0 Å². The molecule has 0 saturated carbocycles. The van der Waals surface area contributed by atoms with Crippen LogP contribution in [0.4, 0.5) is 14.6 Å². The lowest BCUT2D eigenvalue weighted by molar-refractivity contribution is -0.390. The number of alkyl halides is 2. The minimum Gasteiger partial charge on any atom is -0.469 e. The highest BCUT2D eigenvalue weighted by molar-refractivity contribution is 9.10. The second kappa shape index (κ2) is 5.80. The minimum atomic E-state index is -2.97. The Morgan fingerprint density at radius 2 is 2.28 bits per heavy atom. The number of esters is 1. The van der Waals surface area contributed by atoms with Gasteiger partial charge in [0.1, 0.15) is 0 Å². The fourth-order valence-corrected chi connectivity index (χ4v) is 1.83. The summed E-state index contributed by atoms with van der Waals surface area (Å²) in [6.45, 7) is 0. The standard InChI is InChI=1S/C9H7BrF2N2O4/c1-18-6(15)2-4-7(8(11)12)5(10)3-13-9(4)14(16)17/h3,8H,2H2,1H3. The van der Waals surface area contributed by atoms with Gasteiger partial charge in [-0.2, -0.15) is 0 Å². The summed E-state index contributed by atoms with van der Waals surface area (Å²) in [5.74, 6) is -1.64. The van der Waals surface area contributed by atoms with Crippen molar-refractivity contribution >= 4 is 27.7 Å². The van der Waals surface area contributed by atoms with E-state index in [-0.39, 0.29) is 4.47 Å². The number of carbonyl (C=O) groups is 1. The van der Waals surface area contributed by atoms with Crippen molar-refractivity contribution in [1.82, 2.24) is 4.98 Å². The maximum Gasteiger partial charge on any atom is 0.367 e.